The van der Waals surface area contributed by atoms with E-state index in [9.17, 15) is 9.59 Å². The minimum Gasteiger partial charge on any atom is -0.493 e. The van der Waals surface area contributed by atoms with Gasteiger partial charge in [-0.2, -0.15) is 0 Å². The summed E-state index contributed by atoms with van der Waals surface area (Å²) in [6.07, 6.45) is -0.940. The molecular weight excluding hydrogens is 322 g/mol. The number of ether oxygens (including phenoxy) is 3. The molecule has 2 aromatic carbocycles. The molecule has 1 atom stereocenters. The maximum absolute atomic E-state index is 12.3. The number of anilines is 1. The highest BCUT2D eigenvalue weighted by atomic mass is 16.5. The van der Waals surface area contributed by atoms with Crippen LogP contribution in [-0.2, 0) is 9.53 Å². The van der Waals surface area contributed by atoms with Crippen LogP contribution in [-0.4, -0.2) is 31.7 Å². The molecule has 0 saturated carbocycles. The van der Waals surface area contributed by atoms with Crippen molar-refractivity contribution in [3.05, 3.63) is 54.1 Å². The summed E-state index contributed by atoms with van der Waals surface area (Å²) < 4.78 is 15.8. The van der Waals surface area contributed by atoms with Gasteiger partial charge in [-0.25, -0.2) is 4.79 Å². The topological polar surface area (TPSA) is 73.9 Å². The van der Waals surface area contributed by atoms with Crippen molar-refractivity contribution in [1.29, 1.82) is 0 Å². The molecule has 0 heterocycles. The maximum atomic E-state index is 12.3. The lowest BCUT2D eigenvalue weighted by Crippen LogP contribution is -2.30. The molecule has 0 aliphatic rings. The van der Waals surface area contributed by atoms with Gasteiger partial charge in [-0.15, -0.1) is 0 Å². The normalized spacial score (nSPS) is 11.3. The van der Waals surface area contributed by atoms with Crippen LogP contribution in [0.25, 0.3) is 0 Å². The molecule has 0 radical (unpaired) electrons. The number of methoxy groups -OCH3 is 1. The molecule has 0 saturated heterocycles. The van der Waals surface area contributed by atoms with Gasteiger partial charge in [0.15, 0.2) is 17.6 Å². The lowest BCUT2D eigenvalue weighted by atomic mass is 10.2. The third-order valence-corrected chi connectivity index (χ3v) is 3.39. The quantitative estimate of drug-likeness (QED) is 0.781. The van der Waals surface area contributed by atoms with Crippen LogP contribution in [0.2, 0.25) is 0 Å². The van der Waals surface area contributed by atoms with E-state index in [0.717, 1.165) is 0 Å². The van der Waals surface area contributed by atoms with E-state index in [0.29, 0.717) is 23.8 Å². The van der Waals surface area contributed by atoms with Crippen molar-refractivity contribution >= 4 is 17.6 Å². The van der Waals surface area contributed by atoms with E-state index in [1.54, 1.807) is 36.4 Å². The summed E-state index contributed by atoms with van der Waals surface area (Å²) in [4.78, 5) is 24.4. The number of hydrogen-bond donors (Lipinski definition) is 1. The van der Waals surface area contributed by atoms with Crippen molar-refractivity contribution < 1.29 is 23.8 Å². The number of esters is 1. The molecule has 2 aromatic rings. The fourth-order valence-electron chi connectivity index (χ4n) is 2.12. The van der Waals surface area contributed by atoms with Crippen LogP contribution in [0, 0.1) is 0 Å². The average Bonchev–Trinajstić information content (AvgIpc) is 2.63. The Morgan fingerprint density at radius 2 is 1.80 bits per heavy atom. The van der Waals surface area contributed by atoms with E-state index in [2.05, 4.69) is 5.32 Å². The molecule has 0 fully saturated rings. The van der Waals surface area contributed by atoms with Crippen molar-refractivity contribution in [2.45, 2.75) is 20.0 Å². The predicted molar refractivity (Wildman–Crippen MR) is 94.1 cm³/mol. The van der Waals surface area contributed by atoms with Gasteiger partial charge in [0.2, 0.25) is 0 Å². The summed E-state index contributed by atoms with van der Waals surface area (Å²) >= 11 is 0. The van der Waals surface area contributed by atoms with Gasteiger partial charge in [-0.3, -0.25) is 4.79 Å². The van der Waals surface area contributed by atoms with E-state index < -0.39 is 18.0 Å². The van der Waals surface area contributed by atoms with Gasteiger partial charge in [0.25, 0.3) is 5.91 Å². The molecule has 0 aliphatic heterocycles. The minimum absolute atomic E-state index is 0.277. The number of nitrogens with one attached hydrogen (secondary N) is 1. The average molecular weight is 343 g/mol. The fraction of sp³-hybridized carbons (Fsp3) is 0.263. The van der Waals surface area contributed by atoms with Crippen molar-refractivity contribution in [3.8, 4) is 11.5 Å². The third kappa shape index (κ3) is 4.97. The molecule has 0 spiro atoms. The molecule has 6 heteroatoms. The zero-order chi connectivity index (χ0) is 18.2. The maximum Gasteiger partial charge on any atom is 0.339 e. The Morgan fingerprint density at radius 1 is 1.08 bits per heavy atom. The zero-order valence-electron chi connectivity index (χ0n) is 14.4. The van der Waals surface area contributed by atoms with Gasteiger partial charge in [-0.1, -0.05) is 18.2 Å². The van der Waals surface area contributed by atoms with Gasteiger partial charge in [0.05, 0.1) is 19.3 Å². The van der Waals surface area contributed by atoms with Crippen LogP contribution < -0.4 is 14.8 Å². The number of amides is 1. The van der Waals surface area contributed by atoms with Crippen molar-refractivity contribution in [1.82, 2.24) is 0 Å². The van der Waals surface area contributed by atoms with Crippen LogP contribution in [0.15, 0.2) is 48.5 Å². The first-order valence-electron chi connectivity index (χ1n) is 7.93. The van der Waals surface area contributed by atoms with Crippen LogP contribution >= 0.6 is 0 Å². The van der Waals surface area contributed by atoms with E-state index >= 15 is 0 Å². The number of hydrogen-bond acceptors (Lipinski definition) is 5. The van der Waals surface area contributed by atoms with Gasteiger partial charge in [0, 0.05) is 5.69 Å². The van der Waals surface area contributed by atoms with Crippen LogP contribution in [0.3, 0.4) is 0 Å². The standard InChI is InChI=1S/C19H21NO5/c1-4-24-16-11-10-14(12-17(16)23-3)19(22)25-13(2)18(21)20-15-8-6-5-7-9-15/h5-13H,4H2,1-3H3,(H,20,21)/t13-/m0/s1. The highest BCUT2D eigenvalue weighted by Gasteiger charge is 2.20. The highest BCUT2D eigenvalue weighted by molar-refractivity contribution is 5.97. The van der Waals surface area contributed by atoms with Crippen molar-refractivity contribution in [2.24, 2.45) is 0 Å². The Balaban J connectivity index is 2.02. The van der Waals surface area contributed by atoms with E-state index in [1.807, 2.05) is 13.0 Å². The number of carbonyl (C=O) groups excluding carboxylic acids is 2. The Hall–Kier alpha value is -3.02. The summed E-state index contributed by atoms with van der Waals surface area (Å²) in [5.74, 6) is -0.0522. The molecule has 1 N–H and O–H groups in total. The fourth-order valence-corrected chi connectivity index (χ4v) is 2.12. The monoisotopic (exact) mass is 343 g/mol. The molecule has 2 rings (SSSR count). The summed E-state index contributed by atoms with van der Waals surface area (Å²) in [5, 5.41) is 2.69. The molecule has 0 bridgehead atoms. The van der Waals surface area contributed by atoms with Crippen LogP contribution in [0.1, 0.15) is 24.2 Å². The Labute approximate surface area is 146 Å². The second kappa shape index (κ2) is 8.73. The molecule has 25 heavy (non-hydrogen) atoms. The summed E-state index contributed by atoms with van der Waals surface area (Å²) in [6.45, 7) is 3.85. The minimum atomic E-state index is -0.940. The van der Waals surface area contributed by atoms with Crippen molar-refractivity contribution in [3.63, 3.8) is 0 Å². The van der Waals surface area contributed by atoms with E-state index in [-0.39, 0.29) is 5.56 Å². The Bertz CT molecular complexity index is 730. The highest BCUT2D eigenvalue weighted by Crippen LogP contribution is 2.28. The summed E-state index contributed by atoms with van der Waals surface area (Å²) in [6, 6.07) is 13.7. The number of carbonyl (C=O) groups is 2. The molecule has 6 nitrogen and oxygen atoms in total. The zero-order valence-corrected chi connectivity index (χ0v) is 14.4. The number of para-hydroxylation sites is 1. The largest absolute Gasteiger partial charge is 0.493 e. The van der Waals surface area contributed by atoms with Crippen LogP contribution in [0.5, 0.6) is 11.5 Å². The first kappa shape index (κ1) is 18.3. The Kier molecular flexibility index (Phi) is 6.39. The molecule has 132 valence electrons. The SMILES string of the molecule is CCOc1ccc(C(=O)O[C@@H](C)C(=O)Nc2ccccc2)cc1OC. The second-order valence-corrected chi connectivity index (χ2v) is 5.20. The first-order valence-corrected chi connectivity index (χ1v) is 7.93. The second-order valence-electron chi connectivity index (χ2n) is 5.20. The molecule has 0 aromatic heterocycles. The van der Waals surface area contributed by atoms with Gasteiger partial charge < -0.3 is 19.5 Å². The third-order valence-electron chi connectivity index (χ3n) is 3.39. The molecule has 0 unspecified atom stereocenters. The number of rotatable bonds is 7. The Morgan fingerprint density at radius 3 is 2.44 bits per heavy atom. The lowest BCUT2D eigenvalue weighted by molar-refractivity contribution is -0.123. The van der Waals surface area contributed by atoms with Gasteiger partial charge in [-0.05, 0) is 44.2 Å². The lowest BCUT2D eigenvalue weighted by Gasteiger charge is -2.14. The molecule has 0 aliphatic carbocycles. The summed E-state index contributed by atoms with van der Waals surface area (Å²) in [5.41, 5.74) is 0.915. The predicted octanol–water partition coefficient (Wildman–Crippen LogP) is 3.28. The first-order chi connectivity index (χ1) is 12.0. The molecule has 1 amide bonds. The van der Waals surface area contributed by atoms with Gasteiger partial charge in [0.1, 0.15) is 0 Å². The van der Waals surface area contributed by atoms with E-state index in [4.69, 9.17) is 14.2 Å². The summed E-state index contributed by atoms with van der Waals surface area (Å²) in [7, 11) is 1.49. The number of benzene rings is 2. The molecular formula is C19H21NO5. The van der Waals surface area contributed by atoms with E-state index in [1.165, 1.54) is 20.1 Å². The van der Waals surface area contributed by atoms with Crippen molar-refractivity contribution in [2.75, 3.05) is 19.0 Å². The smallest absolute Gasteiger partial charge is 0.339 e. The van der Waals surface area contributed by atoms with Crippen LogP contribution in [0.4, 0.5) is 5.69 Å². The van der Waals surface area contributed by atoms with Gasteiger partial charge >= 0.3 is 5.97 Å².